The van der Waals surface area contributed by atoms with Crippen LogP contribution in [0.4, 0.5) is 0 Å². The summed E-state index contributed by atoms with van der Waals surface area (Å²) in [5.74, 6) is 1.01. The highest BCUT2D eigenvalue weighted by Gasteiger charge is 2.08. The third-order valence-corrected chi connectivity index (χ3v) is 3.05. The first-order valence-corrected chi connectivity index (χ1v) is 7.08. The summed E-state index contributed by atoms with van der Waals surface area (Å²) in [7, 11) is 3.54. The van der Waals surface area contributed by atoms with Gasteiger partial charge in [0.25, 0.3) is 0 Å². The molecule has 20 heavy (non-hydrogen) atoms. The quantitative estimate of drug-likeness (QED) is 0.777. The fraction of sp³-hybridized carbons (Fsp3) is 0.562. The normalized spacial score (nSPS) is 12.1. The van der Waals surface area contributed by atoms with E-state index >= 15 is 0 Å². The molecule has 0 radical (unpaired) electrons. The number of amides is 1. The van der Waals surface area contributed by atoms with Gasteiger partial charge in [-0.05, 0) is 38.3 Å². The van der Waals surface area contributed by atoms with E-state index in [-0.39, 0.29) is 11.9 Å². The Morgan fingerprint density at radius 3 is 2.70 bits per heavy atom. The molecule has 4 heteroatoms. The Labute approximate surface area is 121 Å². The van der Waals surface area contributed by atoms with Gasteiger partial charge in [-0.3, -0.25) is 4.79 Å². The average Bonchev–Trinajstić information content (AvgIpc) is 2.35. The molecule has 1 rings (SSSR count). The first-order valence-electron chi connectivity index (χ1n) is 7.08. The summed E-state index contributed by atoms with van der Waals surface area (Å²) in [4.78, 5) is 13.1. The van der Waals surface area contributed by atoms with Crippen molar-refractivity contribution < 1.29 is 9.53 Å². The van der Waals surface area contributed by atoms with Gasteiger partial charge in [-0.1, -0.05) is 17.7 Å². The Morgan fingerprint density at radius 1 is 1.40 bits per heavy atom. The van der Waals surface area contributed by atoms with E-state index in [1.165, 1.54) is 5.56 Å². The molecule has 2 N–H and O–H groups in total. The van der Waals surface area contributed by atoms with Gasteiger partial charge in [-0.15, -0.1) is 0 Å². The Bertz CT molecular complexity index is 442. The molecule has 1 amide bonds. The van der Waals surface area contributed by atoms with Crippen molar-refractivity contribution in [2.45, 2.75) is 39.2 Å². The highest BCUT2D eigenvalue weighted by atomic mass is 16.5. The summed E-state index contributed by atoms with van der Waals surface area (Å²) in [5, 5.41) is 0. The zero-order chi connectivity index (χ0) is 15.1. The van der Waals surface area contributed by atoms with Crippen molar-refractivity contribution in [2.24, 2.45) is 5.73 Å². The number of hydrogen-bond donors (Lipinski definition) is 1. The van der Waals surface area contributed by atoms with E-state index in [1.807, 2.05) is 19.1 Å². The fourth-order valence-electron chi connectivity index (χ4n) is 1.98. The number of carbonyl (C=O) groups excluding carboxylic acids is 1. The van der Waals surface area contributed by atoms with Crippen LogP contribution in [-0.2, 0) is 11.2 Å². The number of carbonyl (C=O) groups is 1. The van der Waals surface area contributed by atoms with Gasteiger partial charge in [0, 0.05) is 26.6 Å². The number of ether oxygens (including phenoxy) is 1. The molecule has 0 saturated heterocycles. The summed E-state index contributed by atoms with van der Waals surface area (Å²) in [5.41, 5.74) is 8.21. The van der Waals surface area contributed by atoms with Gasteiger partial charge < -0.3 is 15.4 Å². The van der Waals surface area contributed by atoms with Crippen LogP contribution in [0.1, 0.15) is 30.9 Å². The summed E-state index contributed by atoms with van der Waals surface area (Å²) < 4.78 is 5.80. The van der Waals surface area contributed by atoms with Crippen LogP contribution in [0.3, 0.4) is 0 Å². The lowest BCUT2D eigenvalue weighted by Crippen LogP contribution is -2.22. The summed E-state index contributed by atoms with van der Waals surface area (Å²) in [6, 6.07) is 6.24. The second-order valence-corrected chi connectivity index (χ2v) is 5.53. The number of nitrogens with two attached hydrogens (primary N) is 1. The molecule has 4 nitrogen and oxygen atoms in total. The second-order valence-electron chi connectivity index (χ2n) is 5.53. The topological polar surface area (TPSA) is 55.6 Å². The number of nitrogens with zero attached hydrogens (tertiary/aromatic N) is 1. The van der Waals surface area contributed by atoms with E-state index in [0.717, 1.165) is 24.2 Å². The summed E-state index contributed by atoms with van der Waals surface area (Å²) in [6.45, 7) is 4.60. The Hall–Kier alpha value is -1.55. The molecule has 0 bridgehead atoms. The van der Waals surface area contributed by atoms with Crippen molar-refractivity contribution in [3.8, 4) is 5.75 Å². The van der Waals surface area contributed by atoms with E-state index in [4.69, 9.17) is 10.5 Å². The Balaban J connectivity index is 2.52. The van der Waals surface area contributed by atoms with Gasteiger partial charge in [0.2, 0.25) is 5.91 Å². The average molecular weight is 278 g/mol. The minimum atomic E-state index is 0.106. The highest BCUT2D eigenvalue weighted by molar-refractivity contribution is 5.75. The molecule has 0 heterocycles. The van der Waals surface area contributed by atoms with E-state index in [0.29, 0.717) is 13.0 Å². The molecule has 0 aliphatic heterocycles. The largest absolute Gasteiger partial charge is 0.493 e. The molecule has 112 valence electrons. The summed E-state index contributed by atoms with van der Waals surface area (Å²) in [6.07, 6.45) is 2.04. The van der Waals surface area contributed by atoms with Gasteiger partial charge in [-0.2, -0.15) is 0 Å². The fourth-order valence-corrected chi connectivity index (χ4v) is 1.98. The SMILES string of the molecule is Cc1ccc(OCCCC(=O)N(C)C)c(CC(C)N)c1. The van der Waals surface area contributed by atoms with Gasteiger partial charge in [-0.25, -0.2) is 0 Å². The monoisotopic (exact) mass is 278 g/mol. The second kappa shape index (κ2) is 7.90. The smallest absolute Gasteiger partial charge is 0.222 e. The molecule has 1 aromatic rings. The van der Waals surface area contributed by atoms with Gasteiger partial charge in [0.05, 0.1) is 6.61 Å². The minimum Gasteiger partial charge on any atom is -0.493 e. The maximum Gasteiger partial charge on any atom is 0.222 e. The predicted octanol–water partition coefficient (Wildman–Crippen LogP) is 2.13. The van der Waals surface area contributed by atoms with Gasteiger partial charge in [0.15, 0.2) is 0 Å². The maximum atomic E-state index is 11.5. The van der Waals surface area contributed by atoms with Crippen LogP contribution in [0.2, 0.25) is 0 Å². The summed E-state index contributed by atoms with van der Waals surface area (Å²) >= 11 is 0. The highest BCUT2D eigenvalue weighted by Crippen LogP contribution is 2.21. The number of benzene rings is 1. The van der Waals surface area contributed by atoms with Crippen LogP contribution >= 0.6 is 0 Å². The van der Waals surface area contributed by atoms with Crippen molar-refractivity contribution in [1.29, 1.82) is 0 Å². The van der Waals surface area contributed by atoms with E-state index < -0.39 is 0 Å². The Kier molecular flexibility index (Phi) is 6.52. The first kappa shape index (κ1) is 16.5. The van der Waals surface area contributed by atoms with Gasteiger partial charge in [0.1, 0.15) is 5.75 Å². The van der Waals surface area contributed by atoms with Crippen LogP contribution in [0.25, 0.3) is 0 Å². The molecule has 1 unspecified atom stereocenters. The molecule has 0 saturated carbocycles. The van der Waals surface area contributed by atoms with Crippen LogP contribution in [0, 0.1) is 6.92 Å². The molecule has 0 fully saturated rings. The maximum absolute atomic E-state index is 11.5. The molecular weight excluding hydrogens is 252 g/mol. The van der Waals surface area contributed by atoms with Crippen LogP contribution in [0.15, 0.2) is 18.2 Å². The van der Waals surface area contributed by atoms with Crippen LogP contribution in [0.5, 0.6) is 5.75 Å². The van der Waals surface area contributed by atoms with Crippen molar-refractivity contribution in [2.75, 3.05) is 20.7 Å². The first-order chi connectivity index (χ1) is 9.40. The number of hydrogen-bond acceptors (Lipinski definition) is 3. The zero-order valence-electron chi connectivity index (χ0n) is 13.0. The van der Waals surface area contributed by atoms with E-state index in [2.05, 4.69) is 13.0 Å². The van der Waals surface area contributed by atoms with Gasteiger partial charge >= 0.3 is 0 Å². The Morgan fingerprint density at radius 2 is 2.10 bits per heavy atom. The lowest BCUT2D eigenvalue weighted by Gasteiger charge is -2.14. The van der Waals surface area contributed by atoms with E-state index in [9.17, 15) is 4.79 Å². The molecule has 0 aliphatic rings. The van der Waals surface area contributed by atoms with Crippen molar-refractivity contribution in [3.63, 3.8) is 0 Å². The third kappa shape index (κ3) is 5.61. The molecule has 1 aromatic carbocycles. The number of rotatable bonds is 7. The van der Waals surface area contributed by atoms with Crippen LogP contribution in [-0.4, -0.2) is 37.6 Å². The number of aryl methyl sites for hydroxylation is 1. The lowest BCUT2D eigenvalue weighted by atomic mass is 10.0. The van der Waals surface area contributed by atoms with Crippen molar-refractivity contribution in [1.82, 2.24) is 4.90 Å². The minimum absolute atomic E-state index is 0.106. The van der Waals surface area contributed by atoms with Crippen molar-refractivity contribution >= 4 is 5.91 Å². The molecule has 0 aliphatic carbocycles. The molecular formula is C16H26N2O2. The molecule has 1 atom stereocenters. The standard InChI is InChI=1S/C16H26N2O2/c1-12-7-8-15(14(10-12)11-13(2)17)20-9-5-6-16(19)18(3)4/h7-8,10,13H,5-6,9,11,17H2,1-4H3. The molecule has 0 spiro atoms. The van der Waals surface area contributed by atoms with Crippen LogP contribution < -0.4 is 10.5 Å². The zero-order valence-corrected chi connectivity index (χ0v) is 13.0. The van der Waals surface area contributed by atoms with E-state index in [1.54, 1.807) is 19.0 Å². The lowest BCUT2D eigenvalue weighted by molar-refractivity contribution is -0.128. The van der Waals surface area contributed by atoms with Crippen molar-refractivity contribution in [3.05, 3.63) is 29.3 Å². The third-order valence-electron chi connectivity index (χ3n) is 3.05. The molecule has 0 aromatic heterocycles. The predicted molar refractivity (Wildman–Crippen MR) is 82.0 cm³/mol.